The van der Waals surface area contributed by atoms with Crippen molar-refractivity contribution >= 4 is 5.91 Å². The van der Waals surface area contributed by atoms with Crippen molar-refractivity contribution in [2.24, 2.45) is 5.92 Å². The molecule has 3 aliphatic rings. The molecule has 1 spiro atoms. The highest BCUT2D eigenvalue weighted by Crippen LogP contribution is 2.41. The van der Waals surface area contributed by atoms with E-state index in [4.69, 9.17) is 9.47 Å². The van der Waals surface area contributed by atoms with E-state index < -0.39 is 0 Å². The van der Waals surface area contributed by atoms with Crippen LogP contribution in [-0.2, 0) is 14.3 Å². The zero-order valence-electron chi connectivity index (χ0n) is 8.83. The van der Waals surface area contributed by atoms with Gasteiger partial charge in [0.05, 0.1) is 13.2 Å². The fraction of sp³-hybridized carbons (Fsp3) is 0.909. The second kappa shape index (κ2) is 3.46. The summed E-state index contributed by atoms with van der Waals surface area (Å²) in [4.78, 5) is 11.3. The number of ether oxygens (including phenoxy) is 2. The van der Waals surface area contributed by atoms with Crippen molar-refractivity contribution in [3.63, 3.8) is 0 Å². The third kappa shape index (κ3) is 1.66. The molecule has 2 atom stereocenters. The maximum absolute atomic E-state index is 11.3. The molecule has 1 saturated carbocycles. The van der Waals surface area contributed by atoms with Crippen LogP contribution in [-0.4, -0.2) is 30.9 Å². The van der Waals surface area contributed by atoms with Gasteiger partial charge in [0.25, 0.3) is 0 Å². The molecular formula is C11H17NO3. The summed E-state index contributed by atoms with van der Waals surface area (Å²) in [7, 11) is 0. The Hall–Kier alpha value is -0.610. The highest BCUT2D eigenvalue weighted by atomic mass is 16.7. The van der Waals surface area contributed by atoms with Crippen molar-refractivity contribution in [3.05, 3.63) is 0 Å². The first-order valence-electron chi connectivity index (χ1n) is 5.85. The Balaban J connectivity index is 1.72. The molecule has 1 N–H and O–H groups in total. The molecule has 1 aliphatic carbocycles. The molecule has 0 aromatic rings. The minimum absolute atomic E-state index is 0.186. The topological polar surface area (TPSA) is 47.6 Å². The molecule has 3 rings (SSSR count). The lowest BCUT2D eigenvalue weighted by atomic mass is 9.76. The van der Waals surface area contributed by atoms with Crippen molar-refractivity contribution in [2.75, 3.05) is 13.2 Å². The number of carbonyl (C=O) groups is 1. The summed E-state index contributed by atoms with van der Waals surface area (Å²) >= 11 is 0. The van der Waals surface area contributed by atoms with Gasteiger partial charge >= 0.3 is 0 Å². The number of rotatable bonds is 0. The highest BCUT2D eigenvalue weighted by molar-refractivity contribution is 5.77. The number of hydrogen-bond donors (Lipinski definition) is 1. The number of carbonyl (C=O) groups excluding carboxylic acids is 1. The zero-order valence-corrected chi connectivity index (χ0v) is 8.83. The molecule has 0 radical (unpaired) electrons. The van der Waals surface area contributed by atoms with Crippen LogP contribution in [0.15, 0.2) is 0 Å². The average Bonchev–Trinajstić information content (AvgIpc) is 2.66. The molecule has 84 valence electrons. The Labute approximate surface area is 89.3 Å². The second-order valence-electron chi connectivity index (χ2n) is 4.82. The van der Waals surface area contributed by atoms with Crippen LogP contribution in [0.4, 0.5) is 0 Å². The first kappa shape index (κ1) is 9.60. The summed E-state index contributed by atoms with van der Waals surface area (Å²) in [6.45, 7) is 1.40. The minimum Gasteiger partial charge on any atom is -0.353 e. The smallest absolute Gasteiger partial charge is 0.220 e. The molecule has 3 fully saturated rings. The molecule has 0 aromatic carbocycles. The lowest BCUT2D eigenvalue weighted by Gasteiger charge is -2.43. The Morgan fingerprint density at radius 3 is 2.87 bits per heavy atom. The maximum Gasteiger partial charge on any atom is 0.220 e. The van der Waals surface area contributed by atoms with Crippen LogP contribution >= 0.6 is 0 Å². The van der Waals surface area contributed by atoms with Gasteiger partial charge < -0.3 is 14.8 Å². The monoisotopic (exact) mass is 211 g/mol. The highest BCUT2D eigenvalue weighted by Gasteiger charge is 2.46. The van der Waals surface area contributed by atoms with E-state index in [0.717, 1.165) is 25.7 Å². The summed E-state index contributed by atoms with van der Waals surface area (Å²) in [6.07, 6.45) is 4.67. The first-order chi connectivity index (χ1) is 7.27. The van der Waals surface area contributed by atoms with Crippen LogP contribution < -0.4 is 5.32 Å². The summed E-state index contributed by atoms with van der Waals surface area (Å²) in [5.74, 6) is 0.457. The zero-order chi connectivity index (χ0) is 10.3. The van der Waals surface area contributed by atoms with Crippen molar-refractivity contribution in [2.45, 2.75) is 43.9 Å². The predicted molar refractivity (Wildman–Crippen MR) is 53.1 cm³/mol. The number of fused-ring (bicyclic) bond motifs is 1. The van der Waals surface area contributed by atoms with Gasteiger partial charge in [-0.15, -0.1) is 0 Å². The van der Waals surface area contributed by atoms with Crippen LogP contribution in [0.3, 0.4) is 0 Å². The predicted octanol–water partition coefficient (Wildman–Crippen LogP) is 0.808. The van der Waals surface area contributed by atoms with E-state index in [9.17, 15) is 4.79 Å². The molecular weight excluding hydrogens is 194 g/mol. The fourth-order valence-corrected chi connectivity index (χ4v) is 3.08. The largest absolute Gasteiger partial charge is 0.353 e. The van der Waals surface area contributed by atoms with Gasteiger partial charge in [0.1, 0.15) is 0 Å². The Bertz CT molecular complexity index is 273. The molecule has 15 heavy (non-hydrogen) atoms. The van der Waals surface area contributed by atoms with Gasteiger partial charge in [-0.05, 0) is 18.8 Å². The van der Waals surface area contributed by atoms with Crippen LogP contribution in [0.1, 0.15) is 32.1 Å². The number of amides is 1. The SMILES string of the molecule is O=C1CCC2CCC3(CC2N1)OCCO3. The van der Waals surface area contributed by atoms with Crippen molar-refractivity contribution in [1.29, 1.82) is 0 Å². The van der Waals surface area contributed by atoms with Gasteiger partial charge in [-0.2, -0.15) is 0 Å². The molecule has 4 nitrogen and oxygen atoms in total. The Kier molecular flexibility index (Phi) is 2.21. The average molecular weight is 211 g/mol. The van der Waals surface area contributed by atoms with Gasteiger partial charge in [-0.3, -0.25) is 4.79 Å². The molecule has 2 unspecified atom stereocenters. The standard InChI is InChI=1S/C11H17NO3/c13-10-2-1-8-3-4-11(7-9(8)12-10)14-5-6-15-11/h8-9H,1-7H2,(H,12,13). The van der Waals surface area contributed by atoms with Gasteiger partial charge in [-0.25, -0.2) is 0 Å². The van der Waals surface area contributed by atoms with E-state index in [1.54, 1.807) is 0 Å². The van der Waals surface area contributed by atoms with Gasteiger partial charge in [0, 0.05) is 25.3 Å². The van der Waals surface area contributed by atoms with E-state index in [1.165, 1.54) is 0 Å². The molecule has 4 heteroatoms. The second-order valence-corrected chi connectivity index (χ2v) is 4.82. The van der Waals surface area contributed by atoms with Crippen molar-refractivity contribution < 1.29 is 14.3 Å². The molecule has 2 saturated heterocycles. The van der Waals surface area contributed by atoms with E-state index >= 15 is 0 Å². The van der Waals surface area contributed by atoms with Crippen LogP contribution in [0.25, 0.3) is 0 Å². The first-order valence-corrected chi connectivity index (χ1v) is 5.85. The summed E-state index contributed by atoms with van der Waals surface area (Å²) in [5.41, 5.74) is 0. The van der Waals surface area contributed by atoms with Crippen molar-refractivity contribution in [1.82, 2.24) is 5.32 Å². The van der Waals surface area contributed by atoms with E-state index in [-0.39, 0.29) is 17.7 Å². The van der Waals surface area contributed by atoms with Crippen molar-refractivity contribution in [3.8, 4) is 0 Å². The fourth-order valence-electron chi connectivity index (χ4n) is 3.08. The summed E-state index contributed by atoms with van der Waals surface area (Å²) in [5, 5.41) is 3.07. The maximum atomic E-state index is 11.3. The summed E-state index contributed by atoms with van der Waals surface area (Å²) < 4.78 is 11.4. The molecule has 2 heterocycles. The Morgan fingerprint density at radius 2 is 2.07 bits per heavy atom. The molecule has 0 aromatic heterocycles. The van der Waals surface area contributed by atoms with Gasteiger partial charge in [-0.1, -0.05) is 0 Å². The van der Waals surface area contributed by atoms with Gasteiger partial charge in [0.2, 0.25) is 5.91 Å². The molecule has 2 aliphatic heterocycles. The van der Waals surface area contributed by atoms with Crippen LogP contribution in [0.5, 0.6) is 0 Å². The summed E-state index contributed by atoms with van der Waals surface area (Å²) in [6, 6.07) is 0.276. The molecule has 1 amide bonds. The minimum atomic E-state index is -0.369. The third-order valence-electron chi connectivity index (χ3n) is 3.90. The normalized spacial score (nSPS) is 38.8. The number of nitrogens with one attached hydrogen (secondary N) is 1. The lowest BCUT2D eigenvalue weighted by molar-refractivity contribution is -0.191. The van der Waals surface area contributed by atoms with E-state index in [0.29, 0.717) is 25.6 Å². The van der Waals surface area contributed by atoms with Gasteiger partial charge in [0.15, 0.2) is 5.79 Å². The van der Waals surface area contributed by atoms with Crippen LogP contribution in [0, 0.1) is 5.92 Å². The molecule has 0 bridgehead atoms. The Morgan fingerprint density at radius 1 is 1.27 bits per heavy atom. The number of hydrogen-bond acceptors (Lipinski definition) is 3. The lowest BCUT2D eigenvalue weighted by Crippen LogP contribution is -2.53. The van der Waals surface area contributed by atoms with E-state index in [1.807, 2.05) is 0 Å². The van der Waals surface area contributed by atoms with Crippen LogP contribution in [0.2, 0.25) is 0 Å². The number of piperidine rings is 1. The van der Waals surface area contributed by atoms with E-state index in [2.05, 4.69) is 5.32 Å². The third-order valence-corrected chi connectivity index (χ3v) is 3.90. The quantitative estimate of drug-likeness (QED) is 0.645.